The molecule has 0 saturated carbocycles. The van der Waals surface area contributed by atoms with E-state index in [1.807, 2.05) is 24.3 Å². The molecular formula is C15H12N6O2S. The lowest BCUT2D eigenvalue weighted by molar-refractivity contribution is 0.705. The molecule has 0 aliphatic carbocycles. The second-order valence-corrected chi connectivity index (χ2v) is 6.35. The third kappa shape index (κ3) is 1.95. The fourth-order valence-electron chi connectivity index (χ4n) is 2.51. The lowest BCUT2D eigenvalue weighted by atomic mass is 10.3. The summed E-state index contributed by atoms with van der Waals surface area (Å²) in [6.45, 7) is 0. The zero-order valence-corrected chi connectivity index (χ0v) is 13.7. The first kappa shape index (κ1) is 14.5. The van der Waals surface area contributed by atoms with Crippen LogP contribution in [0.4, 0.5) is 5.82 Å². The highest BCUT2D eigenvalue weighted by molar-refractivity contribution is 7.21. The van der Waals surface area contributed by atoms with E-state index in [1.165, 1.54) is 30.0 Å². The Labute approximate surface area is 138 Å². The molecule has 0 aliphatic heterocycles. The van der Waals surface area contributed by atoms with E-state index in [2.05, 4.69) is 15.0 Å². The number of anilines is 1. The third-order valence-electron chi connectivity index (χ3n) is 3.80. The van der Waals surface area contributed by atoms with Gasteiger partial charge in [-0.25, -0.2) is 19.7 Å². The lowest BCUT2D eigenvalue weighted by Crippen LogP contribution is -2.37. The first-order valence-electron chi connectivity index (χ1n) is 7.06. The van der Waals surface area contributed by atoms with Crippen LogP contribution in [0.5, 0.6) is 0 Å². The second kappa shape index (κ2) is 4.96. The van der Waals surface area contributed by atoms with Crippen LogP contribution in [0.3, 0.4) is 0 Å². The highest BCUT2D eigenvalue weighted by atomic mass is 32.1. The van der Waals surface area contributed by atoms with Crippen LogP contribution in [-0.4, -0.2) is 24.1 Å². The number of thiazole rings is 1. The average Bonchev–Trinajstić information content (AvgIpc) is 3.01. The lowest BCUT2D eigenvalue weighted by Gasteiger charge is -2.08. The largest absolute Gasteiger partial charge is 0.382 e. The molecule has 0 radical (unpaired) electrons. The first-order chi connectivity index (χ1) is 11.5. The molecule has 4 rings (SSSR count). The molecule has 0 atom stereocenters. The Morgan fingerprint density at radius 1 is 1.04 bits per heavy atom. The van der Waals surface area contributed by atoms with E-state index in [4.69, 9.17) is 5.73 Å². The molecule has 9 heteroatoms. The van der Waals surface area contributed by atoms with Crippen LogP contribution in [-0.2, 0) is 14.1 Å². The van der Waals surface area contributed by atoms with Crippen molar-refractivity contribution in [1.29, 1.82) is 0 Å². The summed E-state index contributed by atoms with van der Waals surface area (Å²) in [6.07, 6.45) is 0. The number of nitrogens with zero attached hydrogens (tertiary/aromatic N) is 5. The van der Waals surface area contributed by atoms with E-state index in [-0.39, 0.29) is 17.0 Å². The Hall–Kier alpha value is -3.07. The maximum atomic E-state index is 12.4. The number of rotatable bonds is 1. The summed E-state index contributed by atoms with van der Waals surface area (Å²) in [5, 5.41) is 0.582. The number of aryl methyl sites for hydroxylation is 1. The fourth-order valence-corrected chi connectivity index (χ4v) is 3.47. The minimum atomic E-state index is -0.511. The Morgan fingerprint density at radius 3 is 2.54 bits per heavy atom. The topological polar surface area (TPSA) is 109 Å². The van der Waals surface area contributed by atoms with Gasteiger partial charge in [-0.15, -0.1) is 11.3 Å². The Balaban J connectivity index is 2.08. The normalized spacial score (nSPS) is 11.4. The Morgan fingerprint density at radius 2 is 1.79 bits per heavy atom. The molecule has 0 bridgehead atoms. The van der Waals surface area contributed by atoms with Gasteiger partial charge in [0.2, 0.25) is 0 Å². The summed E-state index contributed by atoms with van der Waals surface area (Å²) >= 11 is 1.42. The molecule has 0 fully saturated rings. The number of para-hydroxylation sites is 1. The highest BCUT2D eigenvalue weighted by Crippen LogP contribution is 2.31. The van der Waals surface area contributed by atoms with Crippen molar-refractivity contribution in [3.05, 3.63) is 45.1 Å². The van der Waals surface area contributed by atoms with Crippen molar-refractivity contribution in [2.75, 3.05) is 5.73 Å². The van der Waals surface area contributed by atoms with Crippen molar-refractivity contribution in [3.63, 3.8) is 0 Å². The molecular weight excluding hydrogens is 328 g/mol. The minimum absolute atomic E-state index is 0.0862. The van der Waals surface area contributed by atoms with E-state index in [1.54, 1.807) is 0 Å². The van der Waals surface area contributed by atoms with Crippen LogP contribution in [0.2, 0.25) is 0 Å². The molecule has 8 nitrogen and oxygen atoms in total. The Kier molecular flexibility index (Phi) is 3.00. The number of nitrogens with two attached hydrogens (primary N) is 1. The average molecular weight is 340 g/mol. The van der Waals surface area contributed by atoms with Gasteiger partial charge in [-0.3, -0.25) is 13.9 Å². The molecule has 3 aromatic heterocycles. The summed E-state index contributed by atoms with van der Waals surface area (Å²) in [5.41, 5.74) is 6.44. The predicted octanol–water partition coefficient (Wildman–Crippen LogP) is 0.886. The monoisotopic (exact) mass is 340 g/mol. The van der Waals surface area contributed by atoms with Crippen molar-refractivity contribution in [2.24, 2.45) is 14.1 Å². The molecule has 0 amide bonds. The third-order valence-corrected chi connectivity index (χ3v) is 4.84. The summed E-state index contributed by atoms with van der Waals surface area (Å²) in [6, 6.07) is 7.66. The van der Waals surface area contributed by atoms with Gasteiger partial charge in [0.25, 0.3) is 5.56 Å². The van der Waals surface area contributed by atoms with Crippen molar-refractivity contribution in [2.45, 2.75) is 0 Å². The molecule has 0 saturated heterocycles. The predicted molar refractivity (Wildman–Crippen MR) is 93.0 cm³/mol. The van der Waals surface area contributed by atoms with E-state index in [0.29, 0.717) is 10.7 Å². The van der Waals surface area contributed by atoms with Crippen molar-refractivity contribution in [1.82, 2.24) is 24.1 Å². The summed E-state index contributed by atoms with van der Waals surface area (Å²) in [4.78, 5) is 37.4. The fraction of sp³-hybridized carbons (Fsp3) is 0.133. The zero-order valence-electron chi connectivity index (χ0n) is 12.8. The molecule has 0 spiro atoms. The van der Waals surface area contributed by atoms with Gasteiger partial charge in [0.15, 0.2) is 17.0 Å². The standard InChI is InChI=1S/C15H12N6O2S/c1-20-12-10(14(22)21(2)15(20)23)18-9(11(16)19-12)13-17-7-5-3-4-6-8(7)24-13/h3-6H,1-2H3,(H2,16,19). The van der Waals surface area contributed by atoms with Gasteiger partial charge in [0.05, 0.1) is 10.2 Å². The number of aromatic nitrogens is 5. The maximum Gasteiger partial charge on any atom is 0.332 e. The van der Waals surface area contributed by atoms with E-state index in [0.717, 1.165) is 14.8 Å². The van der Waals surface area contributed by atoms with Crippen LogP contribution in [0.15, 0.2) is 33.9 Å². The van der Waals surface area contributed by atoms with Crippen LogP contribution in [0, 0.1) is 0 Å². The van der Waals surface area contributed by atoms with E-state index < -0.39 is 11.2 Å². The number of fused-ring (bicyclic) bond motifs is 2. The van der Waals surface area contributed by atoms with Crippen molar-refractivity contribution >= 4 is 38.5 Å². The zero-order chi connectivity index (χ0) is 17.0. The minimum Gasteiger partial charge on any atom is -0.382 e. The van der Waals surface area contributed by atoms with E-state index >= 15 is 0 Å². The van der Waals surface area contributed by atoms with Gasteiger partial charge in [-0.2, -0.15) is 0 Å². The van der Waals surface area contributed by atoms with Crippen LogP contribution < -0.4 is 17.0 Å². The maximum absolute atomic E-state index is 12.4. The van der Waals surface area contributed by atoms with Crippen LogP contribution >= 0.6 is 11.3 Å². The summed E-state index contributed by atoms with van der Waals surface area (Å²) in [7, 11) is 2.93. The van der Waals surface area contributed by atoms with Gasteiger partial charge >= 0.3 is 5.69 Å². The first-order valence-corrected chi connectivity index (χ1v) is 7.88. The smallest absolute Gasteiger partial charge is 0.332 e. The molecule has 4 aromatic rings. The summed E-state index contributed by atoms with van der Waals surface area (Å²) < 4.78 is 3.24. The van der Waals surface area contributed by atoms with Crippen molar-refractivity contribution in [3.8, 4) is 10.7 Å². The second-order valence-electron chi connectivity index (χ2n) is 5.32. The van der Waals surface area contributed by atoms with Gasteiger partial charge in [-0.05, 0) is 12.1 Å². The number of hydrogen-bond acceptors (Lipinski definition) is 7. The highest BCUT2D eigenvalue weighted by Gasteiger charge is 2.18. The molecule has 2 N–H and O–H groups in total. The van der Waals surface area contributed by atoms with Gasteiger partial charge in [0, 0.05) is 14.1 Å². The molecule has 24 heavy (non-hydrogen) atoms. The van der Waals surface area contributed by atoms with Gasteiger partial charge in [0.1, 0.15) is 10.7 Å². The Bertz CT molecular complexity index is 1200. The molecule has 1 aromatic carbocycles. The SMILES string of the molecule is Cn1c(=O)c2nc(-c3nc4ccccc4s3)c(N)nc2n(C)c1=O. The molecule has 0 unspecified atom stereocenters. The number of hydrogen-bond donors (Lipinski definition) is 1. The van der Waals surface area contributed by atoms with Crippen LogP contribution in [0.1, 0.15) is 0 Å². The van der Waals surface area contributed by atoms with Gasteiger partial charge in [-0.1, -0.05) is 12.1 Å². The van der Waals surface area contributed by atoms with E-state index in [9.17, 15) is 9.59 Å². The number of benzene rings is 1. The molecule has 0 aliphatic rings. The van der Waals surface area contributed by atoms with Gasteiger partial charge < -0.3 is 5.73 Å². The molecule has 3 heterocycles. The number of nitrogen functional groups attached to an aromatic ring is 1. The quantitative estimate of drug-likeness (QED) is 0.551. The van der Waals surface area contributed by atoms with Crippen molar-refractivity contribution < 1.29 is 0 Å². The van der Waals surface area contributed by atoms with Crippen LogP contribution in [0.25, 0.3) is 32.1 Å². The summed E-state index contributed by atoms with van der Waals surface area (Å²) in [5.74, 6) is 0.129. The molecule has 120 valence electrons.